The van der Waals surface area contributed by atoms with Crippen LogP contribution < -0.4 is 5.32 Å². The number of carbonyl (C=O) groups is 3. The number of rotatable bonds is 12. The van der Waals surface area contributed by atoms with E-state index < -0.39 is 41.2 Å². The maximum absolute atomic E-state index is 13.0. The second-order valence-corrected chi connectivity index (χ2v) is 10.7. The predicted molar refractivity (Wildman–Crippen MR) is 138 cm³/mol. The van der Waals surface area contributed by atoms with Crippen LogP contribution in [-0.4, -0.2) is 41.9 Å². The molecule has 1 amide bonds. The van der Waals surface area contributed by atoms with Gasteiger partial charge in [0.05, 0.1) is 12.5 Å². The van der Waals surface area contributed by atoms with Crippen LogP contribution in [0.1, 0.15) is 80.2 Å². The van der Waals surface area contributed by atoms with Gasteiger partial charge >= 0.3 is 18.0 Å². The van der Waals surface area contributed by atoms with E-state index in [1.54, 1.807) is 61.5 Å². The zero-order valence-electron chi connectivity index (χ0n) is 23.0. The summed E-state index contributed by atoms with van der Waals surface area (Å²) >= 11 is 0. The molecule has 0 spiro atoms. The Labute approximate surface area is 215 Å². The Morgan fingerprint density at radius 3 is 2.11 bits per heavy atom. The standard InChI is InChI=1S/C28H43NO7/c1-9-20(2)34-24(30)22(16-13-17-33-19-21-14-11-10-12-15-21)18-23(25(31)35-27(3,4)5)29-26(32)36-28(6,7)8/h9-12,14-15,22-23H,13,16-19H2,1-8H3,(H,29,32)/b20-9+/t22-,23+/m1/s1. The van der Waals surface area contributed by atoms with Gasteiger partial charge in [-0.1, -0.05) is 30.3 Å². The first-order chi connectivity index (χ1) is 16.7. The van der Waals surface area contributed by atoms with Gasteiger partial charge in [-0.05, 0) is 86.3 Å². The summed E-state index contributed by atoms with van der Waals surface area (Å²) in [5, 5.41) is 2.58. The van der Waals surface area contributed by atoms with Crippen LogP contribution >= 0.6 is 0 Å². The van der Waals surface area contributed by atoms with Crippen molar-refractivity contribution >= 4 is 18.0 Å². The normalized spacial score (nSPS) is 13.9. The summed E-state index contributed by atoms with van der Waals surface area (Å²) in [6.45, 7) is 14.7. The van der Waals surface area contributed by atoms with Crippen LogP contribution in [0.3, 0.4) is 0 Å². The third kappa shape index (κ3) is 13.9. The Morgan fingerprint density at radius 1 is 0.944 bits per heavy atom. The monoisotopic (exact) mass is 505 g/mol. The Hall–Kier alpha value is -2.87. The lowest BCUT2D eigenvalue weighted by molar-refractivity contribution is -0.158. The Morgan fingerprint density at radius 2 is 1.56 bits per heavy atom. The first kappa shape index (κ1) is 31.2. The van der Waals surface area contributed by atoms with Gasteiger partial charge in [-0.3, -0.25) is 4.79 Å². The van der Waals surface area contributed by atoms with E-state index in [1.807, 2.05) is 30.3 Å². The number of amides is 1. The van der Waals surface area contributed by atoms with E-state index in [4.69, 9.17) is 18.9 Å². The highest BCUT2D eigenvalue weighted by molar-refractivity contribution is 5.83. The van der Waals surface area contributed by atoms with Crippen molar-refractivity contribution in [2.45, 2.75) is 98.5 Å². The van der Waals surface area contributed by atoms with E-state index in [0.29, 0.717) is 31.8 Å². The van der Waals surface area contributed by atoms with Gasteiger partial charge in [0.1, 0.15) is 23.0 Å². The summed E-state index contributed by atoms with van der Waals surface area (Å²) in [7, 11) is 0. The highest BCUT2D eigenvalue weighted by Crippen LogP contribution is 2.21. The minimum absolute atomic E-state index is 0.00265. The van der Waals surface area contributed by atoms with Crippen LogP contribution in [0, 0.1) is 5.92 Å². The molecule has 1 aromatic rings. The van der Waals surface area contributed by atoms with Gasteiger partial charge in [-0.25, -0.2) is 9.59 Å². The average Bonchev–Trinajstić information content (AvgIpc) is 2.75. The van der Waals surface area contributed by atoms with E-state index in [2.05, 4.69) is 5.32 Å². The quantitative estimate of drug-likeness (QED) is 0.168. The lowest BCUT2D eigenvalue weighted by atomic mass is 9.94. The van der Waals surface area contributed by atoms with Crippen LogP contribution in [0.25, 0.3) is 0 Å². The van der Waals surface area contributed by atoms with Gasteiger partial charge in [0, 0.05) is 6.61 Å². The third-order valence-corrected chi connectivity index (χ3v) is 4.86. The Bertz CT molecular complexity index is 866. The van der Waals surface area contributed by atoms with Gasteiger partial charge in [-0.15, -0.1) is 0 Å². The van der Waals surface area contributed by atoms with Crippen LogP contribution in [0.15, 0.2) is 42.2 Å². The summed E-state index contributed by atoms with van der Waals surface area (Å²) in [4.78, 5) is 38.4. The molecule has 0 aromatic heterocycles. The zero-order valence-corrected chi connectivity index (χ0v) is 23.0. The molecular formula is C28H43NO7. The summed E-state index contributed by atoms with van der Waals surface area (Å²) < 4.78 is 22.0. The van der Waals surface area contributed by atoms with Gasteiger partial charge < -0.3 is 24.3 Å². The molecule has 0 fully saturated rings. The van der Waals surface area contributed by atoms with Crippen molar-refractivity contribution in [3.8, 4) is 0 Å². The first-order valence-corrected chi connectivity index (χ1v) is 12.4. The maximum Gasteiger partial charge on any atom is 0.408 e. The first-order valence-electron chi connectivity index (χ1n) is 12.4. The largest absolute Gasteiger partial charge is 0.458 e. The number of hydrogen-bond acceptors (Lipinski definition) is 7. The fraction of sp³-hybridized carbons (Fsp3) is 0.607. The van der Waals surface area contributed by atoms with Gasteiger partial charge in [0.25, 0.3) is 0 Å². The van der Waals surface area contributed by atoms with Crippen molar-refractivity contribution in [3.05, 3.63) is 47.7 Å². The highest BCUT2D eigenvalue weighted by Gasteiger charge is 2.33. The molecule has 8 heteroatoms. The minimum Gasteiger partial charge on any atom is -0.458 e. The molecule has 1 N–H and O–H groups in total. The minimum atomic E-state index is -1.09. The molecule has 0 heterocycles. The molecule has 0 radical (unpaired) electrons. The van der Waals surface area contributed by atoms with Crippen molar-refractivity contribution in [2.75, 3.05) is 6.61 Å². The molecular weight excluding hydrogens is 462 g/mol. The van der Waals surface area contributed by atoms with E-state index in [-0.39, 0.29) is 6.42 Å². The van der Waals surface area contributed by atoms with Gasteiger partial charge in [0.2, 0.25) is 0 Å². The number of carbonyl (C=O) groups excluding carboxylic acids is 3. The van der Waals surface area contributed by atoms with Crippen molar-refractivity contribution in [3.63, 3.8) is 0 Å². The Kier molecular flexibility index (Phi) is 12.7. The van der Waals surface area contributed by atoms with Crippen molar-refractivity contribution in [1.29, 1.82) is 0 Å². The molecule has 0 bridgehead atoms. The van der Waals surface area contributed by atoms with E-state index in [1.165, 1.54) is 0 Å². The number of allylic oxidation sites excluding steroid dienone is 2. The smallest absolute Gasteiger partial charge is 0.408 e. The fourth-order valence-corrected chi connectivity index (χ4v) is 3.15. The molecule has 36 heavy (non-hydrogen) atoms. The molecule has 1 rings (SSSR count). The summed E-state index contributed by atoms with van der Waals surface area (Å²) in [5.74, 6) is -1.34. The second kappa shape index (κ2) is 14.6. The van der Waals surface area contributed by atoms with Crippen LogP contribution in [0.5, 0.6) is 0 Å². The molecule has 0 aliphatic carbocycles. The average molecular weight is 506 g/mol. The van der Waals surface area contributed by atoms with Gasteiger partial charge in [0.15, 0.2) is 0 Å². The van der Waals surface area contributed by atoms with E-state index >= 15 is 0 Å². The van der Waals surface area contributed by atoms with Gasteiger partial charge in [-0.2, -0.15) is 0 Å². The molecule has 1 aromatic carbocycles. The highest BCUT2D eigenvalue weighted by atomic mass is 16.6. The molecule has 2 atom stereocenters. The molecule has 0 aliphatic rings. The number of alkyl carbamates (subject to hydrolysis) is 1. The molecule has 8 nitrogen and oxygen atoms in total. The third-order valence-electron chi connectivity index (χ3n) is 4.86. The van der Waals surface area contributed by atoms with E-state index in [0.717, 1.165) is 5.56 Å². The van der Waals surface area contributed by atoms with E-state index in [9.17, 15) is 14.4 Å². The number of hydrogen-bond donors (Lipinski definition) is 1. The molecule has 202 valence electrons. The summed E-state index contributed by atoms with van der Waals surface area (Å²) in [6, 6.07) is 8.71. The SMILES string of the molecule is C/C=C(\C)OC(=O)[C@H](CCCOCc1ccccc1)C[C@H](NC(=O)OC(C)(C)C)C(=O)OC(C)(C)C. The van der Waals surface area contributed by atoms with Crippen LogP contribution in [0.4, 0.5) is 4.79 Å². The predicted octanol–water partition coefficient (Wildman–Crippen LogP) is 5.69. The van der Waals surface area contributed by atoms with Crippen molar-refractivity contribution in [1.82, 2.24) is 5.32 Å². The number of ether oxygens (including phenoxy) is 4. The lowest BCUT2D eigenvalue weighted by Gasteiger charge is -2.28. The Balaban J connectivity index is 2.93. The van der Waals surface area contributed by atoms with Crippen LogP contribution in [0.2, 0.25) is 0 Å². The molecule has 0 saturated heterocycles. The second-order valence-electron chi connectivity index (χ2n) is 10.7. The van der Waals surface area contributed by atoms with Crippen molar-refractivity contribution < 1.29 is 33.3 Å². The number of esters is 2. The van der Waals surface area contributed by atoms with Crippen LogP contribution in [-0.2, 0) is 35.1 Å². The number of nitrogens with one attached hydrogen (secondary N) is 1. The topological polar surface area (TPSA) is 100 Å². The molecule has 0 unspecified atom stereocenters. The summed E-state index contributed by atoms with van der Waals surface area (Å²) in [6.07, 6.45) is 1.89. The maximum atomic E-state index is 13.0. The zero-order chi connectivity index (χ0) is 27.4. The lowest BCUT2D eigenvalue weighted by Crippen LogP contribution is -2.47. The summed E-state index contributed by atoms with van der Waals surface area (Å²) in [5.41, 5.74) is -0.461. The molecule has 0 aliphatic heterocycles. The fourth-order valence-electron chi connectivity index (χ4n) is 3.15. The number of benzene rings is 1. The molecule has 0 saturated carbocycles. The van der Waals surface area contributed by atoms with Crippen molar-refractivity contribution in [2.24, 2.45) is 5.92 Å².